The Kier molecular flexibility index (Phi) is 10.0. The Morgan fingerprint density at radius 2 is 2.17 bits per heavy atom. The first-order valence-corrected chi connectivity index (χ1v) is 16.6. The highest BCUT2D eigenvalue weighted by atomic mass is 32.1. The van der Waals surface area contributed by atoms with Crippen LogP contribution in [0.3, 0.4) is 0 Å². The van der Waals surface area contributed by atoms with Gasteiger partial charge in [0.2, 0.25) is 0 Å². The largest absolute Gasteiger partial charge is 0.401 e. The summed E-state index contributed by atoms with van der Waals surface area (Å²) in [5.41, 5.74) is 13.4. The van der Waals surface area contributed by atoms with Gasteiger partial charge in [-0.3, -0.25) is 5.41 Å². The van der Waals surface area contributed by atoms with Gasteiger partial charge in [-0.05, 0) is 83.0 Å². The van der Waals surface area contributed by atoms with Crippen molar-refractivity contribution in [3.05, 3.63) is 56.0 Å². The summed E-state index contributed by atoms with van der Waals surface area (Å²) in [4.78, 5) is 18.2. The topological polar surface area (TPSA) is 127 Å². The number of nitrogens with two attached hydrogens (primary N) is 1. The van der Waals surface area contributed by atoms with Crippen LogP contribution in [-0.2, 0) is 12.8 Å². The summed E-state index contributed by atoms with van der Waals surface area (Å²) in [6.07, 6.45) is 10.9. The Labute approximate surface area is 256 Å². The van der Waals surface area contributed by atoms with Crippen molar-refractivity contribution in [1.82, 2.24) is 20.2 Å². The van der Waals surface area contributed by atoms with Crippen LogP contribution >= 0.6 is 20.6 Å². The SMILES string of the molecule is CCC/C(C(=N)c1nc(CC[C@@H]2CCCN2C)cc(N=CC2=C(N)CNC2)n1)=C(/C)[C@H]1CCCc2sc(P)c(C#N)c21. The summed E-state index contributed by atoms with van der Waals surface area (Å²) in [7, 11) is 4.96. The van der Waals surface area contributed by atoms with Gasteiger partial charge in [-0.2, -0.15) is 5.26 Å². The highest BCUT2D eigenvalue weighted by molar-refractivity contribution is 7.43. The molecule has 2 aliphatic heterocycles. The van der Waals surface area contributed by atoms with Crippen LogP contribution in [0.2, 0.25) is 0 Å². The Morgan fingerprint density at radius 1 is 1.33 bits per heavy atom. The summed E-state index contributed by atoms with van der Waals surface area (Å²) in [6, 6.07) is 5.00. The Hall–Kier alpha value is -2.76. The van der Waals surface area contributed by atoms with E-state index in [9.17, 15) is 10.7 Å². The molecule has 42 heavy (non-hydrogen) atoms. The van der Waals surface area contributed by atoms with Gasteiger partial charge in [-0.25, -0.2) is 15.0 Å². The van der Waals surface area contributed by atoms with E-state index in [0.717, 1.165) is 84.2 Å². The molecule has 1 fully saturated rings. The lowest BCUT2D eigenvalue weighted by Gasteiger charge is -2.26. The van der Waals surface area contributed by atoms with Gasteiger partial charge in [0, 0.05) is 63.8 Å². The summed E-state index contributed by atoms with van der Waals surface area (Å²) in [5.74, 6) is 1.14. The second-order valence-electron chi connectivity index (χ2n) is 11.8. The normalized spacial score (nSPS) is 21.6. The number of aryl methyl sites for hydroxylation is 2. The van der Waals surface area contributed by atoms with E-state index in [1.165, 1.54) is 28.9 Å². The standard InChI is InChI=1S/C32H43N8PS/c1-4-7-24(19(2)23-9-5-10-27-29(23)25(15-33)32(41)42-27)30(35)31-38-21(11-12-22-8-6-13-40(22)3)14-28(39-31)37-17-20-16-36-18-26(20)34/h14,17,22-23,35-36H,4-13,16,18,34,41H2,1-3H3/b24-19+,35-30?,37-17?/t22-,23+/m0/s1. The van der Waals surface area contributed by atoms with Gasteiger partial charge in [0.05, 0.1) is 5.56 Å². The van der Waals surface area contributed by atoms with E-state index < -0.39 is 0 Å². The number of fused-ring (bicyclic) bond motifs is 1. The number of nitrogens with one attached hydrogen (secondary N) is 2. The van der Waals surface area contributed by atoms with E-state index in [1.54, 1.807) is 17.6 Å². The molecule has 0 spiro atoms. The average Bonchev–Trinajstić information content (AvgIpc) is 3.69. The zero-order valence-corrected chi connectivity index (χ0v) is 27.1. The van der Waals surface area contributed by atoms with Crippen molar-refractivity contribution in [3.63, 3.8) is 0 Å². The van der Waals surface area contributed by atoms with Crippen molar-refractivity contribution in [1.29, 1.82) is 10.7 Å². The van der Waals surface area contributed by atoms with Crippen molar-refractivity contribution in [2.75, 3.05) is 26.7 Å². The van der Waals surface area contributed by atoms with Crippen LogP contribution in [0, 0.1) is 16.7 Å². The van der Waals surface area contributed by atoms with E-state index in [2.05, 4.69) is 46.4 Å². The number of rotatable bonds is 10. The maximum Gasteiger partial charge on any atom is 0.180 e. The second-order valence-corrected chi connectivity index (χ2v) is 13.9. The van der Waals surface area contributed by atoms with Crippen LogP contribution in [0.4, 0.5) is 5.82 Å². The zero-order valence-electron chi connectivity index (χ0n) is 25.1. The van der Waals surface area contributed by atoms with Gasteiger partial charge in [-0.15, -0.1) is 11.3 Å². The molecule has 3 aliphatic rings. The van der Waals surface area contributed by atoms with Crippen LogP contribution < -0.4 is 15.7 Å². The summed E-state index contributed by atoms with van der Waals surface area (Å²) in [6.45, 7) is 6.82. The molecule has 2 aromatic rings. The molecule has 4 N–H and O–H groups in total. The van der Waals surface area contributed by atoms with Gasteiger partial charge >= 0.3 is 0 Å². The third kappa shape index (κ3) is 6.58. The first-order valence-electron chi connectivity index (χ1n) is 15.2. The van der Waals surface area contributed by atoms with Gasteiger partial charge in [0.15, 0.2) is 11.6 Å². The number of nitrogens with zero attached hydrogens (tertiary/aromatic N) is 5. The zero-order chi connectivity index (χ0) is 29.8. The molecule has 10 heteroatoms. The molecule has 1 aliphatic carbocycles. The Morgan fingerprint density at radius 3 is 2.86 bits per heavy atom. The fourth-order valence-corrected chi connectivity index (χ4v) is 8.39. The maximum atomic E-state index is 9.98. The number of thiophene rings is 1. The molecule has 0 amide bonds. The van der Waals surface area contributed by atoms with E-state index in [0.29, 0.717) is 36.5 Å². The maximum absolute atomic E-state index is 9.98. The molecular weight excluding hydrogens is 559 g/mol. The van der Waals surface area contributed by atoms with Crippen LogP contribution in [-0.4, -0.2) is 59.5 Å². The lowest BCUT2D eigenvalue weighted by Crippen LogP contribution is -2.25. The molecule has 0 radical (unpaired) electrons. The van der Waals surface area contributed by atoms with E-state index in [1.807, 2.05) is 6.07 Å². The molecule has 4 heterocycles. The number of hydrogen-bond donors (Lipinski definition) is 3. The highest BCUT2D eigenvalue weighted by Gasteiger charge is 2.30. The van der Waals surface area contributed by atoms with Crippen molar-refractivity contribution in [2.45, 2.75) is 83.6 Å². The monoisotopic (exact) mass is 602 g/mol. The molecule has 2 aromatic heterocycles. The summed E-state index contributed by atoms with van der Waals surface area (Å²) >= 11 is 1.73. The van der Waals surface area contributed by atoms with E-state index in [-0.39, 0.29) is 5.92 Å². The lowest BCUT2D eigenvalue weighted by atomic mass is 9.78. The Bertz CT molecular complexity index is 1480. The molecular formula is C32H43N8PS. The smallest absolute Gasteiger partial charge is 0.180 e. The summed E-state index contributed by atoms with van der Waals surface area (Å²) in [5, 5.41) is 22.7. The van der Waals surface area contributed by atoms with Crippen molar-refractivity contribution in [3.8, 4) is 6.07 Å². The minimum absolute atomic E-state index is 0.138. The van der Waals surface area contributed by atoms with Crippen molar-refractivity contribution < 1.29 is 0 Å². The first kappa shape index (κ1) is 30.7. The average molecular weight is 603 g/mol. The van der Waals surface area contributed by atoms with Crippen LogP contribution in [0.25, 0.3) is 0 Å². The van der Waals surface area contributed by atoms with Crippen LogP contribution in [0.15, 0.2) is 33.5 Å². The number of aliphatic imine (C=N–C) groups is 1. The fourth-order valence-electron chi connectivity index (χ4n) is 6.62. The third-order valence-electron chi connectivity index (χ3n) is 9.00. The molecule has 8 nitrogen and oxygen atoms in total. The fraction of sp³-hybridized carbons (Fsp3) is 0.531. The predicted octanol–water partition coefficient (Wildman–Crippen LogP) is 5.06. The highest BCUT2D eigenvalue weighted by Crippen LogP contribution is 2.43. The lowest BCUT2D eigenvalue weighted by molar-refractivity contribution is 0.296. The molecule has 5 rings (SSSR count). The first-order chi connectivity index (χ1) is 20.3. The number of likely N-dealkylation sites (tertiary alicyclic amines) is 1. The number of hydrogen-bond acceptors (Lipinski definition) is 9. The molecule has 222 valence electrons. The van der Waals surface area contributed by atoms with Gasteiger partial charge in [0.1, 0.15) is 11.8 Å². The predicted molar refractivity (Wildman–Crippen MR) is 177 cm³/mol. The minimum atomic E-state index is 0.138. The Balaban J connectivity index is 1.51. The number of nitriles is 1. The third-order valence-corrected chi connectivity index (χ3v) is 10.7. The molecule has 1 unspecified atom stereocenters. The molecule has 3 atom stereocenters. The van der Waals surface area contributed by atoms with Crippen LogP contribution in [0.5, 0.6) is 0 Å². The summed E-state index contributed by atoms with van der Waals surface area (Å²) < 4.78 is 1.02. The van der Waals surface area contributed by atoms with Crippen molar-refractivity contribution >= 4 is 42.9 Å². The number of allylic oxidation sites excluding steroid dienone is 2. The second kappa shape index (κ2) is 13.7. The van der Waals surface area contributed by atoms with Gasteiger partial charge in [-0.1, -0.05) is 28.2 Å². The molecule has 1 saturated heterocycles. The molecule has 0 bridgehead atoms. The van der Waals surface area contributed by atoms with Gasteiger partial charge < -0.3 is 16.0 Å². The quantitative estimate of drug-likeness (QED) is 0.258. The van der Waals surface area contributed by atoms with E-state index >= 15 is 0 Å². The van der Waals surface area contributed by atoms with Crippen molar-refractivity contribution in [2.24, 2.45) is 10.7 Å². The minimum Gasteiger partial charge on any atom is -0.401 e. The van der Waals surface area contributed by atoms with E-state index in [4.69, 9.17) is 20.7 Å². The number of aromatic nitrogens is 2. The van der Waals surface area contributed by atoms with Crippen LogP contribution in [0.1, 0.15) is 92.2 Å². The molecule has 0 saturated carbocycles. The molecule has 0 aromatic carbocycles. The van der Waals surface area contributed by atoms with Gasteiger partial charge in [0.25, 0.3) is 0 Å².